The number of aliphatic carboxylic acids is 1. The van der Waals surface area contributed by atoms with Crippen molar-refractivity contribution in [1.29, 1.82) is 0 Å². The minimum atomic E-state index is -0.764. The molecule has 0 radical (unpaired) electrons. The Balaban J connectivity index is 1.85. The van der Waals surface area contributed by atoms with Crippen LogP contribution in [0.15, 0.2) is 24.3 Å². The Morgan fingerprint density at radius 1 is 1.19 bits per heavy atom. The molecule has 4 nitrogen and oxygen atoms in total. The standard InChI is InChI=1S/C16H19NO3S/c1-11-12-7-4-5-8-13(12)21-15(11)16(20)17-10-6-2-3-9-14(18)19/h4-5,7-8H,2-3,6,9-10H2,1H3,(H,17,20)(H,18,19). The molecule has 1 aromatic carbocycles. The van der Waals surface area contributed by atoms with Crippen molar-refractivity contribution in [3.05, 3.63) is 34.7 Å². The van der Waals surface area contributed by atoms with Gasteiger partial charge in [-0.1, -0.05) is 24.6 Å². The highest BCUT2D eigenvalue weighted by Gasteiger charge is 2.14. The zero-order chi connectivity index (χ0) is 15.2. The molecule has 2 rings (SSSR count). The fraction of sp³-hybridized carbons (Fsp3) is 0.375. The number of carboxylic acids is 1. The maximum atomic E-state index is 12.2. The van der Waals surface area contributed by atoms with Gasteiger partial charge in [-0.05, 0) is 36.8 Å². The molecule has 112 valence electrons. The van der Waals surface area contributed by atoms with Crippen LogP contribution in [0.25, 0.3) is 10.1 Å². The van der Waals surface area contributed by atoms with Gasteiger partial charge in [-0.2, -0.15) is 0 Å². The van der Waals surface area contributed by atoms with Crippen LogP contribution >= 0.6 is 11.3 Å². The van der Waals surface area contributed by atoms with Crippen molar-refractivity contribution in [1.82, 2.24) is 5.32 Å². The molecule has 0 bridgehead atoms. The minimum Gasteiger partial charge on any atom is -0.481 e. The number of hydrogen-bond donors (Lipinski definition) is 2. The number of benzene rings is 1. The highest BCUT2D eigenvalue weighted by Crippen LogP contribution is 2.30. The van der Waals surface area contributed by atoms with Crippen molar-refractivity contribution in [3.8, 4) is 0 Å². The van der Waals surface area contributed by atoms with Gasteiger partial charge in [0.15, 0.2) is 0 Å². The molecular weight excluding hydrogens is 286 g/mol. The van der Waals surface area contributed by atoms with Gasteiger partial charge in [0.05, 0.1) is 4.88 Å². The molecule has 0 aliphatic carbocycles. The van der Waals surface area contributed by atoms with Gasteiger partial charge in [-0.15, -0.1) is 11.3 Å². The normalized spacial score (nSPS) is 10.7. The highest BCUT2D eigenvalue weighted by molar-refractivity contribution is 7.21. The second-order valence-corrected chi connectivity index (χ2v) is 6.06. The van der Waals surface area contributed by atoms with E-state index in [4.69, 9.17) is 5.11 Å². The van der Waals surface area contributed by atoms with E-state index in [9.17, 15) is 9.59 Å². The summed E-state index contributed by atoms with van der Waals surface area (Å²) in [5.74, 6) is -0.799. The van der Waals surface area contributed by atoms with Gasteiger partial charge >= 0.3 is 5.97 Å². The summed E-state index contributed by atoms with van der Waals surface area (Å²) in [4.78, 5) is 23.3. The van der Waals surface area contributed by atoms with Crippen LogP contribution in [-0.2, 0) is 4.79 Å². The van der Waals surface area contributed by atoms with E-state index in [1.165, 1.54) is 11.3 Å². The molecule has 0 atom stereocenters. The molecule has 1 aromatic heterocycles. The number of carbonyl (C=O) groups is 2. The molecule has 0 unspecified atom stereocenters. The Kier molecular flexibility index (Phi) is 5.33. The van der Waals surface area contributed by atoms with Crippen LogP contribution in [0.2, 0.25) is 0 Å². The van der Waals surface area contributed by atoms with Crippen LogP contribution in [0.5, 0.6) is 0 Å². The quantitative estimate of drug-likeness (QED) is 0.768. The van der Waals surface area contributed by atoms with Crippen molar-refractivity contribution in [3.63, 3.8) is 0 Å². The zero-order valence-corrected chi connectivity index (χ0v) is 12.8. The zero-order valence-electron chi connectivity index (χ0n) is 12.0. The number of carbonyl (C=O) groups excluding carboxylic acids is 1. The van der Waals surface area contributed by atoms with Crippen LogP contribution in [-0.4, -0.2) is 23.5 Å². The second kappa shape index (κ2) is 7.22. The van der Waals surface area contributed by atoms with E-state index in [1.807, 2.05) is 31.2 Å². The van der Waals surface area contributed by atoms with Gasteiger partial charge in [-0.25, -0.2) is 0 Å². The molecule has 0 spiro atoms. The highest BCUT2D eigenvalue weighted by atomic mass is 32.1. The van der Waals surface area contributed by atoms with Crippen LogP contribution in [0, 0.1) is 6.92 Å². The first-order valence-electron chi connectivity index (χ1n) is 7.07. The summed E-state index contributed by atoms with van der Waals surface area (Å²) in [7, 11) is 0. The number of amides is 1. The fourth-order valence-electron chi connectivity index (χ4n) is 2.25. The number of thiophene rings is 1. The lowest BCUT2D eigenvalue weighted by Crippen LogP contribution is -2.24. The molecule has 0 saturated carbocycles. The summed E-state index contributed by atoms with van der Waals surface area (Å²) < 4.78 is 1.13. The predicted molar refractivity (Wildman–Crippen MR) is 85.0 cm³/mol. The Morgan fingerprint density at radius 3 is 2.67 bits per heavy atom. The Morgan fingerprint density at radius 2 is 1.95 bits per heavy atom. The van der Waals surface area contributed by atoms with Crippen molar-refractivity contribution in [2.45, 2.75) is 32.6 Å². The maximum absolute atomic E-state index is 12.2. The topological polar surface area (TPSA) is 66.4 Å². The Hall–Kier alpha value is -1.88. The number of aryl methyl sites for hydroxylation is 1. The van der Waals surface area contributed by atoms with E-state index in [1.54, 1.807) is 0 Å². The van der Waals surface area contributed by atoms with E-state index in [-0.39, 0.29) is 12.3 Å². The molecule has 1 heterocycles. The first-order chi connectivity index (χ1) is 10.1. The smallest absolute Gasteiger partial charge is 0.303 e. The summed E-state index contributed by atoms with van der Waals surface area (Å²) in [6.07, 6.45) is 2.48. The molecule has 0 aliphatic heterocycles. The fourth-order valence-corrected chi connectivity index (χ4v) is 3.38. The van der Waals surface area contributed by atoms with E-state index in [0.29, 0.717) is 13.0 Å². The summed E-state index contributed by atoms with van der Waals surface area (Å²) in [6, 6.07) is 8.01. The molecule has 0 saturated heterocycles. The van der Waals surface area contributed by atoms with Crippen LogP contribution in [0.1, 0.15) is 40.9 Å². The van der Waals surface area contributed by atoms with E-state index < -0.39 is 5.97 Å². The molecule has 21 heavy (non-hydrogen) atoms. The van der Waals surface area contributed by atoms with Gasteiger partial charge in [0.1, 0.15) is 0 Å². The molecule has 0 aliphatic rings. The third-order valence-corrected chi connectivity index (χ3v) is 4.67. The molecular formula is C16H19NO3S. The first-order valence-corrected chi connectivity index (χ1v) is 7.89. The maximum Gasteiger partial charge on any atom is 0.303 e. The summed E-state index contributed by atoms with van der Waals surface area (Å²) in [6.45, 7) is 2.56. The second-order valence-electron chi connectivity index (χ2n) is 5.01. The number of nitrogens with one attached hydrogen (secondary N) is 1. The van der Waals surface area contributed by atoms with Gasteiger partial charge in [0.2, 0.25) is 0 Å². The number of carboxylic acid groups (broad SMARTS) is 1. The molecule has 2 aromatic rings. The van der Waals surface area contributed by atoms with Gasteiger partial charge in [0.25, 0.3) is 5.91 Å². The number of fused-ring (bicyclic) bond motifs is 1. The predicted octanol–water partition coefficient (Wildman–Crippen LogP) is 3.58. The first kappa shape index (κ1) is 15.5. The van der Waals surface area contributed by atoms with Crippen molar-refractivity contribution >= 4 is 33.3 Å². The van der Waals surface area contributed by atoms with Gasteiger partial charge in [0, 0.05) is 17.7 Å². The van der Waals surface area contributed by atoms with E-state index in [0.717, 1.165) is 33.4 Å². The number of rotatable bonds is 7. The number of unbranched alkanes of at least 4 members (excludes halogenated alkanes) is 2. The van der Waals surface area contributed by atoms with Crippen molar-refractivity contribution < 1.29 is 14.7 Å². The average Bonchev–Trinajstić information content (AvgIpc) is 2.80. The third kappa shape index (κ3) is 4.04. The average molecular weight is 305 g/mol. The van der Waals surface area contributed by atoms with Crippen LogP contribution < -0.4 is 5.32 Å². The van der Waals surface area contributed by atoms with E-state index >= 15 is 0 Å². The summed E-state index contributed by atoms with van der Waals surface area (Å²) >= 11 is 1.51. The molecule has 5 heteroatoms. The number of hydrogen-bond acceptors (Lipinski definition) is 3. The lowest BCUT2D eigenvalue weighted by molar-refractivity contribution is -0.137. The van der Waals surface area contributed by atoms with Gasteiger partial charge in [-0.3, -0.25) is 9.59 Å². The molecule has 2 N–H and O–H groups in total. The molecule has 1 amide bonds. The van der Waals surface area contributed by atoms with Crippen LogP contribution in [0.3, 0.4) is 0 Å². The lowest BCUT2D eigenvalue weighted by atomic mass is 10.1. The summed E-state index contributed by atoms with van der Waals surface area (Å²) in [5.41, 5.74) is 1.03. The Bertz CT molecular complexity index is 648. The third-order valence-electron chi connectivity index (χ3n) is 3.40. The minimum absolute atomic E-state index is 0.0352. The van der Waals surface area contributed by atoms with Crippen molar-refractivity contribution in [2.75, 3.05) is 6.54 Å². The van der Waals surface area contributed by atoms with Gasteiger partial charge < -0.3 is 10.4 Å². The van der Waals surface area contributed by atoms with Crippen LogP contribution in [0.4, 0.5) is 0 Å². The largest absolute Gasteiger partial charge is 0.481 e. The lowest BCUT2D eigenvalue weighted by Gasteiger charge is -2.04. The molecule has 0 fully saturated rings. The van der Waals surface area contributed by atoms with Crippen molar-refractivity contribution in [2.24, 2.45) is 0 Å². The SMILES string of the molecule is Cc1c(C(=O)NCCCCCC(=O)O)sc2ccccc12. The summed E-state index contributed by atoms with van der Waals surface area (Å²) in [5, 5.41) is 12.6. The monoisotopic (exact) mass is 305 g/mol. The van der Waals surface area contributed by atoms with E-state index in [2.05, 4.69) is 5.32 Å². The Labute approximate surface area is 127 Å².